The first kappa shape index (κ1) is 14.3. The molecule has 0 radical (unpaired) electrons. The molecule has 0 aliphatic heterocycles. The van der Waals surface area contributed by atoms with Crippen LogP contribution in [-0.4, -0.2) is 19.9 Å². The van der Waals surface area contributed by atoms with Crippen LogP contribution >= 0.6 is 24.0 Å². The molecule has 1 heterocycles. The first-order chi connectivity index (χ1) is 8.91. The average molecular weight is 298 g/mol. The molecule has 1 fully saturated rings. The monoisotopic (exact) mass is 298 g/mol. The standard InChI is InChI=1S/C12H18N4OS2/c1-7(19-6-8-4-5-8)14-10-9(13)11(18)16(3)12(17)15(10)2/h8H,4-6,13H2,1-3H3. The number of nitrogens with two attached hydrogens (primary N) is 1. The van der Waals surface area contributed by atoms with Crippen molar-refractivity contribution in [1.82, 2.24) is 9.13 Å². The molecule has 0 amide bonds. The van der Waals surface area contributed by atoms with Crippen LogP contribution in [0.2, 0.25) is 0 Å². The summed E-state index contributed by atoms with van der Waals surface area (Å²) in [5, 5.41) is 0.914. The maximum atomic E-state index is 11.9. The minimum absolute atomic E-state index is 0.210. The second-order valence-corrected chi connectivity index (χ2v) is 6.43. The summed E-state index contributed by atoms with van der Waals surface area (Å²) in [7, 11) is 3.27. The molecule has 0 unspecified atom stereocenters. The van der Waals surface area contributed by atoms with Crippen molar-refractivity contribution in [3.63, 3.8) is 0 Å². The Morgan fingerprint density at radius 2 is 2.11 bits per heavy atom. The van der Waals surface area contributed by atoms with Gasteiger partial charge in [-0.1, -0.05) is 12.2 Å². The van der Waals surface area contributed by atoms with Gasteiger partial charge in [-0.15, -0.1) is 11.8 Å². The molecular weight excluding hydrogens is 280 g/mol. The van der Waals surface area contributed by atoms with E-state index in [1.807, 2.05) is 6.92 Å². The first-order valence-corrected chi connectivity index (χ1v) is 7.54. The number of nitrogens with zero attached hydrogens (tertiary/aromatic N) is 3. The summed E-state index contributed by atoms with van der Waals surface area (Å²) in [6.07, 6.45) is 2.64. The lowest BCUT2D eigenvalue weighted by Gasteiger charge is -2.11. The molecule has 0 bridgehead atoms. The van der Waals surface area contributed by atoms with Crippen LogP contribution in [0, 0.1) is 10.6 Å². The number of anilines is 1. The van der Waals surface area contributed by atoms with Crippen LogP contribution in [0.1, 0.15) is 19.8 Å². The van der Waals surface area contributed by atoms with Gasteiger partial charge in [-0.25, -0.2) is 9.79 Å². The van der Waals surface area contributed by atoms with E-state index in [4.69, 9.17) is 18.0 Å². The molecule has 1 saturated carbocycles. The number of thioether (sulfide) groups is 1. The van der Waals surface area contributed by atoms with Gasteiger partial charge in [-0.2, -0.15) is 0 Å². The van der Waals surface area contributed by atoms with Crippen LogP contribution in [0.25, 0.3) is 0 Å². The predicted octanol–water partition coefficient (Wildman–Crippen LogP) is 2.23. The predicted molar refractivity (Wildman–Crippen MR) is 83.9 cm³/mol. The normalized spacial score (nSPS) is 15.8. The Bertz CT molecular complexity index is 603. The zero-order valence-electron chi connectivity index (χ0n) is 11.3. The molecule has 0 saturated heterocycles. The molecule has 1 aliphatic rings. The quantitative estimate of drug-likeness (QED) is 0.528. The molecule has 1 aliphatic carbocycles. The molecule has 19 heavy (non-hydrogen) atoms. The van der Waals surface area contributed by atoms with Crippen LogP contribution < -0.4 is 11.4 Å². The Hall–Kier alpha value is -1.08. The largest absolute Gasteiger partial charge is 0.393 e. The van der Waals surface area contributed by atoms with E-state index in [0.29, 0.717) is 16.1 Å². The van der Waals surface area contributed by atoms with Gasteiger partial charge in [0.05, 0.1) is 5.04 Å². The summed E-state index contributed by atoms with van der Waals surface area (Å²) < 4.78 is 3.13. The Kier molecular flexibility index (Phi) is 4.15. The van der Waals surface area contributed by atoms with Gasteiger partial charge in [0.25, 0.3) is 0 Å². The number of nitrogen functional groups attached to an aromatic ring is 1. The molecule has 2 N–H and O–H groups in total. The fourth-order valence-electron chi connectivity index (χ4n) is 1.70. The molecule has 0 atom stereocenters. The summed E-state index contributed by atoms with van der Waals surface area (Å²) in [6.45, 7) is 1.94. The van der Waals surface area contributed by atoms with Gasteiger partial charge in [0.2, 0.25) is 0 Å². The molecule has 0 aromatic carbocycles. The maximum absolute atomic E-state index is 11.9. The number of aromatic nitrogens is 2. The van der Waals surface area contributed by atoms with E-state index < -0.39 is 0 Å². The van der Waals surface area contributed by atoms with Crippen molar-refractivity contribution in [2.45, 2.75) is 19.8 Å². The van der Waals surface area contributed by atoms with Crippen molar-refractivity contribution >= 4 is 40.5 Å². The maximum Gasteiger partial charge on any atom is 0.330 e. The lowest BCUT2D eigenvalue weighted by molar-refractivity contribution is 0.705. The average Bonchev–Trinajstić information content (AvgIpc) is 3.21. The summed E-state index contributed by atoms with van der Waals surface area (Å²) in [5.74, 6) is 2.37. The summed E-state index contributed by atoms with van der Waals surface area (Å²) in [4.78, 5) is 16.4. The molecule has 7 heteroatoms. The Morgan fingerprint density at radius 1 is 1.47 bits per heavy atom. The SMILES string of the molecule is CC(=Nc1c(N)c(=S)n(C)c(=O)n1C)SCC1CC1. The third-order valence-electron chi connectivity index (χ3n) is 3.16. The number of rotatable bonds is 3. The van der Waals surface area contributed by atoms with E-state index in [-0.39, 0.29) is 5.69 Å². The van der Waals surface area contributed by atoms with Crippen molar-refractivity contribution in [3.8, 4) is 0 Å². The van der Waals surface area contributed by atoms with Crippen LogP contribution in [-0.2, 0) is 14.1 Å². The number of hydrogen-bond donors (Lipinski definition) is 1. The lowest BCUT2D eigenvalue weighted by atomic mass is 10.4. The highest BCUT2D eigenvalue weighted by Crippen LogP contribution is 2.33. The van der Waals surface area contributed by atoms with E-state index in [1.54, 1.807) is 25.9 Å². The zero-order chi connectivity index (χ0) is 14.2. The van der Waals surface area contributed by atoms with Crippen LogP contribution in [0.5, 0.6) is 0 Å². The van der Waals surface area contributed by atoms with E-state index in [0.717, 1.165) is 16.7 Å². The van der Waals surface area contributed by atoms with E-state index in [2.05, 4.69) is 4.99 Å². The van der Waals surface area contributed by atoms with Gasteiger partial charge in [-0.05, 0) is 25.7 Å². The van der Waals surface area contributed by atoms with Crippen molar-refractivity contribution in [3.05, 3.63) is 15.1 Å². The number of aliphatic imine (C=N–C) groups is 1. The summed E-state index contributed by atoms with van der Waals surface area (Å²) in [5.41, 5.74) is 6.14. The van der Waals surface area contributed by atoms with Crippen molar-refractivity contribution in [2.24, 2.45) is 25.0 Å². The van der Waals surface area contributed by atoms with Gasteiger partial charge in [0.15, 0.2) is 5.82 Å². The van der Waals surface area contributed by atoms with Gasteiger partial charge < -0.3 is 5.73 Å². The van der Waals surface area contributed by atoms with E-state index in [1.165, 1.54) is 22.0 Å². The second-order valence-electron chi connectivity index (χ2n) is 4.83. The van der Waals surface area contributed by atoms with E-state index in [9.17, 15) is 4.79 Å². The minimum atomic E-state index is -0.210. The molecule has 2 rings (SSSR count). The Balaban J connectivity index is 2.36. The third kappa shape index (κ3) is 3.09. The smallest absolute Gasteiger partial charge is 0.330 e. The molecule has 104 valence electrons. The van der Waals surface area contributed by atoms with Gasteiger partial charge in [0.1, 0.15) is 10.3 Å². The molecule has 1 aromatic rings. The molecule has 5 nitrogen and oxygen atoms in total. The second kappa shape index (κ2) is 5.50. The van der Waals surface area contributed by atoms with Gasteiger partial charge in [-0.3, -0.25) is 9.13 Å². The Morgan fingerprint density at radius 3 is 2.68 bits per heavy atom. The molecular formula is C12H18N4OS2. The highest BCUT2D eigenvalue weighted by atomic mass is 32.2. The van der Waals surface area contributed by atoms with Crippen LogP contribution in [0.3, 0.4) is 0 Å². The lowest BCUT2D eigenvalue weighted by Crippen LogP contribution is -2.28. The van der Waals surface area contributed by atoms with E-state index >= 15 is 0 Å². The van der Waals surface area contributed by atoms with Gasteiger partial charge in [0, 0.05) is 19.8 Å². The Labute approximate surface area is 121 Å². The van der Waals surface area contributed by atoms with Crippen molar-refractivity contribution in [1.29, 1.82) is 0 Å². The summed E-state index contributed by atoms with van der Waals surface area (Å²) >= 11 is 6.86. The van der Waals surface area contributed by atoms with Crippen LogP contribution in [0.15, 0.2) is 9.79 Å². The molecule has 0 spiro atoms. The summed E-state index contributed by atoms with van der Waals surface area (Å²) in [6, 6.07) is 0. The third-order valence-corrected chi connectivity index (χ3v) is 4.80. The molecule has 1 aromatic heterocycles. The van der Waals surface area contributed by atoms with Gasteiger partial charge >= 0.3 is 5.69 Å². The minimum Gasteiger partial charge on any atom is -0.393 e. The highest BCUT2D eigenvalue weighted by molar-refractivity contribution is 8.13. The topological polar surface area (TPSA) is 65.3 Å². The fraction of sp³-hybridized carbons (Fsp3) is 0.583. The van der Waals surface area contributed by atoms with Crippen molar-refractivity contribution in [2.75, 3.05) is 11.5 Å². The van der Waals surface area contributed by atoms with Crippen molar-refractivity contribution < 1.29 is 0 Å². The first-order valence-electron chi connectivity index (χ1n) is 6.15. The van der Waals surface area contributed by atoms with Crippen LogP contribution in [0.4, 0.5) is 11.5 Å². The number of hydrogen-bond acceptors (Lipinski definition) is 5. The highest BCUT2D eigenvalue weighted by Gasteiger charge is 2.21. The fourth-order valence-corrected chi connectivity index (χ4v) is 2.83. The zero-order valence-corrected chi connectivity index (χ0v) is 13.0.